The van der Waals surface area contributed by atoms with Crippen LogP contribution in [0.15, 0.2) is 68.4 Å². The lowest BCUT2D eigenvalue weighted by Gasteiger charge is -2.14. The smallest absolute Gasteiger partial charge is 0.412 e. The molecule has 0 spiro atoms. The number of aliphatic imine (C=N–C) groups is 2. The van der Waals surface area contributed by atoms with Gasteiger partial charge in [0.1, 0.15) is 22.9 Å². The zero-order valence-electron chi connectivity index (χ0n) is 17.8. The first-order valence-electron chi connectivity index (χ1n) is 10.4. The molecule has 1 amide bonds. The van der Waals surface area contributed by atoms with Crippen molar-refractivity contribution in [3.05, 3.63) is 70.2 Å². The van der Waals surface area contributed by atoms with E-state index in [0.29, 0.717) is 40.7 Å². The van der Waals surface area contributed by atoms with E-state index in [1.165, 1.54) is 6.20 Å². The Labute approximate surface area is 198 Å². The molecule has 34 heavy (non-hydrogen) atoms. The Morgan fingerprint density at radius 3 is 2.74 bits per heavy atom. The quantitative estimate of drug-likeness (QED) is 0.610. The second-order valence-corrected chi connectivity index (χ2v) is 8.37. The zero-order valence-corrected chi connectivity index (χ0v) is 18.6. The van der Waals surface area contributed by atoms with Gasteiger partial charge in [-0.3, -0.25) is 10.1 Å². The molecule has 1 aromatic carbocycles. The fourth-order valence-corrected chi connectivity index (χ4v) is 3.92. The van der Waals surface area contributed by atoms with Gasteiger partial charge in [-0.05, 0) is 49.8 Å². The molecule has 170 valence electrons. The van der Waals surface area contributed by atoms with Gasteiger partial charge >= 0.3 is 12.1 Å². The number of nitrogens with one attached hydrogen (secondary N) is 1. The Kier molecular flexibility index (Phi) is 5.30. The van der Waals surface area contributed by atoms with E-state index in [1.54, 1.807) is 43.3 Å². The maximum absolute atomic E-state index is 12.3. The van der Waals surface area contributed by atoms with Gasteiger partial charge in [-0.1, -0.05) is 35.0 Å². The van der Waals surface area contributed by atoms with Crippen LogP contribution in [0.5, 0.6) is 0 Å². The second-order valence-electron chi connectivity index (χ2n) is 7.96. The number of benzene rings is 1. The van der Waals surface area contributed by atoms with Crippen LogP contribution >= 0.6 is 11.6 Å². The highest BCUT2D eigenvalue weighted by Gasteiger charge is 2.55. The molecule has 3 aliphatic rings. The van der Waals surface area contributed by atoms with Crippen LogP contribution < -0.4 is 5.32 Å². The maximum atomic E-state index is 12.3. The van der Waals surface area contributed by atoms with E-state index in [0.717, 1.165) is 5.57 Å². The third-order valence-electron chi connectivity index (χ3n) is 5.68. The largest absolute Gasteiger partial charge is 0.481 e. The predicted octanol–water partition coefficient (Wildman–Crippen LogP) is 4.53. The number of allylic oxidation sites excluding steroid dienone is 1. The summed E-state index contributed by atoms with van der Waals surface area (Å²) >= 11 is 6.15. The summed E-state index contributed by atoms with van der Waals surface area (Å²) in [5, 5.41) is 16.2. The monoisotopic (exact) mass is 476 g/mol. The lowest BCUT2D eigenvalue weighted by atomic mass is 10.0. The van der Waals surface area contributed by atoms with E-state index in [4.69, 9.17) is 20.9 Å². The third kappa shape index (κ3) is 4.00. The van der Waals surface area contributed by atoms with Crippen LogP contribution in [0, 0.1) is 17.3 Å². The molecule has 9 nitrogen and oxygen atoms in total. The molecule has 5 rings (SSSR count). The minimum absolute atomic E-state index is 0.126. The summed E-state index contributed by atoms with van der Waals surface area (Å²) in [6.07, 6.45) is 4.65. The van der Waals surface area contributed by atoms with E-state index in [-0.39, 0.29) is 11.4 Å². The third-order valence-corrected chi connectivity index (χ3v) is 6.03. The van der Waals surface area contributed by atoms with Crippen molar-refractivity contribution in [2.45, 2.75) is 25.9 Å². The molecule has 1 unspecified atom stereocenters. The highest BCUT2D eigenvalue weighted by Crippen LogP contribution is 2.54. The number of ether oxygens (including phenoxy) is 1. The molecule has 0 saturated heterocycles. The number of rotatable bonds is 5. The molecule has 1 saturated carbocycles. The Balaban J connectivity index is 1.24. The van der Waals surface area contributed by atoms with Crippen molar-refractivity contribution in [3.63, 3.8) is 0 Å². The molecular weight excluding hydrogens is 460 g/mol. The summed E-state index contributed by atoms with van der Waals surface area (Å²) in [5.74, 6) is 5.33. The molecule has 1 aliphatic carbocycles. The molecule has 3 heterocycles. The van der Waals surface area contributed by atoms with Gasteiger partial charge in [-0.2, -0.15) is 0 Å². The van der Waals surface area contributed by atoms with Crippen molar-refractivity contribution in [2.75, 3.05) is 5.32 Å². The number of amides is 1. The lowest BCUT2D eigenvalue weighted by Crippen LogP contribution is -2.16. The first-order chi connectivity index (χ1) is 16.4. The van der Waals surface area contributed by atoms with Crippen molar-refractivity contribution >= 4 is 40.9 Å². The van der Waals surface area contributed by atoms with Gasteiger partial charge in [-0.15, -0.1) is 0 Å². The Morgan fingerprint density at radius 2 is 2.03 bits per heavy atom. The number of carbonyl (C=O) groups is 2. The molecule has 1 aromatic heterocycles. The second kappa shape index (κ2) is 8.32. The molecule has 1 fully saturated rings. The summed E-state index contributed by atoms with van der Waals surface area (Å²) in [4.78, 5) is 32.5. The van der Waals surface area contributed by atoms with Crippen LogP contribution in [-0.2, 0) is 9.53 Å². The Bertz CT molecular complexity index is 1400. The highest BCUT2D eigenvalue weighted by atomic mass is 35.5. The fourth-order valence-electron chi connectivity index (χ4n) is 3.63. The average Bonchev–Trinajstić information content (AvgIpc) is 3.12. The fraction of sp³-hybridized carbons (Fsp3) is 0.208. The minimum atomic E-state index is -0.877. The Morgan fingerprint density at radius 1 is 1.24 bits per heavy atom. The maximum Gasteiger partial charge on any atom is 0.412 e. The summed E-state index contributed by atoms with van der Waals surface area (Å²) in [7, 11) is 0. The molecule has 0 bridgehead atoms. The van der Waals surface area contributed by atoms with Gasteiger partial charge in [0.15, 0.2) is 5.84 Å². The summed E-state index contributed by atoms with van der Waals surface area (Å²) in [6.45, 7) is 1.71. The van der Waals surface area contributed by atoms with Crippen LogP contribution in [0.1, 0.15) is 37.2 Å². The molecule has 2 N–H and O–H groups in total. The number of carboxylic acids is 1. The van der Waals surface area contributed by atoms with E-state index < -0.39 is 23.6 Å². The van der Waals surface area contributed by atoms with Crippen LogP contribution in [0.4, 0.5) is 10.5 Å². The number of hydrogen-bond donors (Lipinski definition) is 2. The summed E-state index contributed by atoms with van der Waals surface area (Å²) in [5.41, 5.74) is 1.73. The molecule has 0 radical (unpaired) electrons. The predicted molar refractivity (Wildman–Crippen MR) is 124 cm³/mol. The van der Waals surface area contributed by atoms with E-state index in [1.807, 2.05) is 0 Å². The number of carbonyl (C=O) groups excluding carboxylic acids is 1. The normalized spacial score (nSPS) is 17.8. The van der Waals surface area contributed by atoms with Crippen molar-refractivity contribution in [1.29, 1.82) is 0 Å². The van der Waals surface area contributed by atoms with Gasteiger partial charge in [-0.25, -0.2) is 14.8 Å². The number of aromatic nitrogens is 1. The van der Waals surface area contributed by atoms with Gasteiger partial charge in [0.25, 0.3) is 0 Å². The SMILES string of the molecule is CC(OC(=O)Nc1cnoc1C#CC1=NC2=NC(C3(C(=O)O)CC3)=CC2=C1)c1ccccc1Cl. The van der Waals surface area contributed by atoms with Crippen LogP contribution in [0.25, 0.3) is 0 Å². The van der Waals surface area contributed by atoms with Gasteiger partial charge in [0.2, 0.25) is 5.76 Å². The summed E-state index contributed by atoms with van der Waals surface area (Å²) < 4.78 is 10.5. The minimum Gasteiger partial charge on any atom is -0.481 e. The Hall–Kier alpha value is -4.16. The van der Waals surface area contributed by atoms with E-state index >= 15 is 0 Å². The number of anilines is 1. The summed E-state index contributed by atoms with van der Waals surface area (Å²) in [6, 6.07) is 7.09. The molecular formula is C24H17ClN4O5. The van der Waals surface area contributed by atoms with Crippen LogP contribution in [-0.4, -0.2) is 33.9 Å². The number of nitrogens with zero attached hydrogens (tertiary/aromatic N) is 3. The van der Waals surface area contributed by atoms with Gasteiger partial charge in [0, 0.05) is 16.2 Å². The first-order valence-corrected chi connectivity index (χ1v) is 10.8. The zero-order chi connectivity index (χ0) is 23.9. The molecule has 10 heteroatoms. The molecule has 1 atom stereocenters. The standard InChI is InChI=1S/C24H17ClN4O5/c1-13(16-4-2-3-5-17(16)25)33-23(32)28-18-12-26-34-19(18)7-6-15-10-14-11-20(29-21(14)27-15)24(8-9-24)22(30)31/h2-5,10-13H,8-9H2,1H3,(H,28,32)(H,30,31). The lowest BCUT2D eigenvalue weighted by molar-refractivity contribution is -0.141. The van der Waals surface area contributed by atoms with Gasteiger partial charge in [0.05, 0.1) is 11.9 Å². The molecule has 2 aromatic rings. The number of aliphatic carboxylic acids is 1. The van der Waals surface area contributed by atoms with Crippen molar-refractivity contribution in [3.8, 4) is 11.8 Å². The van der Waals surface area contributed by atoms with Crippen LogP contribution in [0.3, 0.4) is 0 Å². The number of carboxylic acid groups (broad SMARTS) is 1. The van der Waals surface area contributed by atoms with Crippen molar-refractivity contribution < 1.29 is 24.0 Å². The number of amidine groups is 1. The number of halogens is 1. The first kappa shape index (κ1) is 21.7. The van der Waals surface area contributed by atoms with E-state index in [2.05, 4.69) is 32.3 Å². The highest BCUT2D eigenvalue weighted by molar-refractivity contribution is 6.31. The van der Waals surface area contributed by atoms with Gasteiger partial charge < -0.3 is 14.4 Å². The van der Waals surface area contributed by atoms with Crippen LogP contribution in [0.2, 0.25) is 5.02 Å². The van der Waals surface area contributed by atoms with Crippen molar-refractivity contribution in [1.82, 2.24) is 5.16 Å². The number of fused-ring (bicyclic) bond motifs is 1. The van der Waals surface area contributed by atoms with E-state index in [9.17, 15) is 14.7 Å². The molecule has 2 aliphatic heterocycles. The topological polar surface area (TPSA) is 126 Å². The average molecular weight is 477 g/mol. The number of hydrogen-bond acceptors (Lipinski definition) is 7. The van der Waals surface area contributed by atoms with Crippen molar-refractivity contribution in [2.24, 2.45) is 15.4 Å².